The lowest BCUT2D eigenvalue weighted by Gasteiger charge is -2.18. The van der Waals surface area contributed by atoms with Crippen molar-refractivity contribution in [1.29, 1.82) is 0 Å². The van der Waals surface area contributed by atoms with Crippen LogP contribution in [0.15, 0.2) is 197 Å². The Morgan fingerprint density at radius 3 is 1.43 bits per heavy atom. The molecule has 0 amide bonds. The molecule has 0 saturated heterocycles. The van der Waals surface area contributed by atoms with Crippen LogP contribution in [0, 0.1) is 0 Å². The smallest absolute Gasteiger partial charge is 0.136 e. The molecule has 0 N–H and O–H groups in total. The molecule has 280 valence electrons. The van der Waals surface area contributed by atoms with Crippen molar-refractivity contribution in [2.45, 2.75) is 12.8 Å². The van der Waals surface area contributed by atoms with Gasteiger partial charge >= 0.3 is 0 Å². The maximum atomic E-state index is 6.38. The predicted molar refractivity (Wildman–Crippen MR) is 253 cm³/mol. The van der Waals surface area contributed by atoms with Gasteiger partial charge in [0.25, 0.3) is 0 Å². The topological polar surface area (TPSA) is 26.3 Å². The Labute approximate surface area is 346 Å². The Bertz CT molecular complexity index is 3720. The van der Waals surface area contributed by atoms with Gasteiger partial charge in [-0.2, -0.15) is 0 Å². The van der Waals surface area contributed by atoms with Gasteiger partial charge in [-0.05, 0) is 149 Å². The Hall–Kier alpha value is -7.68. The molecule has 0 aliphatic heterocycles. The molecule has 0 fully saturated rings. The predicted octanol–water partition coefficient (Wildman–Crippen LogP) is 16.6. The number of hydrogen-bond donors (Lipinski definition) is 0. The Morgan fingerprint density at radius 1 is 0.333 bits per heavy atom. The second-order valence-electron chi connectivity index (χ2n) is 16.2. The summed E-state index contributed by atoms with van der Waals surface area (Å²) in [4.78, 5) is 0. The molecule has 10 aromatic carbocycles. The lowest BCUT2D eigenvalue weighted by molar-refractivity contribution is 0.668. The number of allylic oxidation sites excluding steroid dienone is 1. The van der Waals surface area contributed by atoms with Crippen molar-refractivity contribution in [3.8, 4) is 44.5 Å². The van der Waals surface area contributed by atoms with E-state index in [9.17, 15) is 0 Å². The van der Waals surface area contributed by atoms with Crippen LogP contribution in [0.2, 0.25) is 0 Å². The molecule has 13 rings (SSSR count). The quantitative estimate of drug-likeness (QED) is 0.167. The molecule has 2 aromatic heterocycles. The summed E-state index contributed by atoms with van der Waals surface area (Å²) in [6.07, 6.45) is 6.72. The van der Waals surface area contributed by atoms with E-state index >= 15 is 0 Å². The zero-order valence-electron chi connectivity index (χ0n) is 32.7. The molecule has 2 heteroatoms. The number of aryl methyl sites for hydroxylation is 1. The first-order valence-corrected chi connectivity index (χ1v) is 20.9. The normalized spacial score (nSPS) is 12.8. The molecule has 0 bridgehead atoms. The Kier molecular flexibility index (Phi) is 7.17. The highest BCUT2D eigenvalue weighted by Crippen LogP contribution is 2.46. The van der Waals surface area contributed by atoms with Crippen LogP contribution in [-0.4, -0.2) is 0 Å². The van der Waals surface area contributed by atoms with E-state index in [1.165, 1.54) is 104 Å². The van der Waals surface area contributed by atoms with Gasteiger partial charge in [-0.1, -0.05) is 146 Å². The third kappa shape index (κ3) is 5.01. The van der Waals surface area contributed by atoms with Crippen molar-refractivity contribution < 1.29 is 8.83 Å². The van der Waals surface area contributed by atoms with Gasteiger partial charge in [-0.25, -0.2) is 0 Å². The van der Waals surface area contributed by atoms with Gasteiger partial charge in [0.2, 0.25) is 0 Å². The third-order valence-electron chi connectivity index (χ3n) is 12.9. The van der Waals surface area contributed by atoms with E-state index in [2.05, 4.69) is 194 Å². The molecule has 0 atom stereocenters. The number of furan rings is 2. The number of fused-ring (bicyclic) bond motifs is 12. The molecule has 0 spiro atoms. The summed E-state index contributed by atoms with van der Waals surface area (Å²) >= 11 is 0. The van der Waals surface area contributed by atoms with E-state index in [0.717, 1.165) is 40.6 Å². The summed E-state index contributed by atoms with van der Waals surface area (Å²) in [5.74, 6) is 0. The first-order chi connectivity index (χ1) is 29.7. The number of hydrogen-bond acceptors (Lipinski definition) is 2. The van der Waals surface area contributed by atoms with Gasteiger partial charge in [-0.15, -0.1) is 0 Å². The minimum absolute atomic E-state index is 0.907. The van der Waals surface area contributed by atoms with Crippen molar-refractivity contribution in [2.75, 3.05) is 0 Å². The van der Waals surface area contributed by atoms with E-state index in [1.54, 1.807) is 0 Å². The molecule has 2 heterocycles. The van der Waals surface area contributed by atoms with Crippen LogP contribution in [0.3, 0.4) is 0 Å². The average Bonchev–Trinajstić information content (AvgIpc) is 3.89. The second kappa shape index (κ2) is 12.9. The fourth-order valence-corrected chi connectivity index (χ4v) is 10.2. The maximum Gasteiger partial charge on any atom is 0.136 e. The van der Waals surface area contributed by atoms with Crippen LogP contribution in [-0.2, 0) is 6.42 Å². The molecule has 1 aliphatic rings. The van der Waals surface area contributed by atoms with E-state index in [0.29, 0.717) is 0 Å². The van der Waals surface area contributed by atoms with Crippen LogP contribution in [0.4, 0.5) is 0 Å². The van der Waals surface area contributed by atoms with E-state index in [-0.39, 0.29) is 0 Å². The van der Waals surface area contributed by atoms with Crippen molar-refractivity contribution in [1.82, 2.24) is 0 Å². The van der Waals surface area contributed by atoms with Crippen LogP contribution in [0.5, 0.6) is 0 Å². The van der Waals surface area contributed by atoms with Gasteiger partial charge in [0.15, 0.2) is 0 Å². The Balaban J connectivity index is 0.962. The molecular weight excluding hydrogens is 729 g/mol. The second-order valence-corrected chi connectivity index (χ2v) is 16.2. The summed E-state index contributed by atoms with van der Waals surface area (Å²) in [7, 11) is 0. The van der Waals surface area contributed by atoms with E-state index in [1.807, 2.05) is 0 Å². The summed E-state index contributed by atoms with van der Waals surface area (Å²) in [5.41, 5.74) is 16.0. The number of benzene rings is 10. The first kappa shape index (κ1) is 33.3. The minimum Gasteiger partial charge on any atom is -0.456 e. The average molecular weight is 765 g/mol. The molecule has 0 saturated carbocycles. The van der Waals surface area contributed by atoms with Crippen molar-refractivity contribution >= 4 is 82.3 Å². The lowest BCUT2D eigenvalue weighted by Crippen LogP contribution is -1.93. The summed E-state index contributed by atoms with van der Waals surface area (Å²) in [5, 5.41) is 12.1. The first-order valence-electron chi connectivity index (χ1n) is 20.9. The van der Waals surface area contributed by atoms with Gasteiger partial charge < -0.3 is 8.83 Å². The zero-order chi connectivity index (χ0) is 39.3. The van der Waals surface area contributed by atoms with Gasteiger partial charge in [0.1, 0.15) is 22.3 Å². The minimum atomic E-state index is 0.907. The van der Waals surface area contributed by atoms with Crippen molar-refractivity contribution in [2.24, 2.45) is 0 Å². The van der Waals surface area contributed by atoms with Crippen LogP contribution >= 0.6 is 0 Å². The lowest BCUT2D eigenvalue weighted by atomic mass is 9.85. The van der Waals surface area contributed by atoms with Gasteiger partial charge in [0.05, 0.1) is 0 Å². The highest BCUT2D eigenvalue weighted by Gasteiger charge is 2.20. The molecule has 60 heavy (non-hydrogen) atoms. The van der Waals surface area contributed by atoms with Gasteiger partial charge in [0, 0.05) is 21.5 Å². The van der Waals surface area contributed by atoms with Crippen LogP contribution < -0.4 is 0 Å². The summed E-state index contributed by atoms with van der Waals surface area (Å²) in [6, 6.07) is 66.4. The van der Waals surface area contributed by atoms with Crippen LogP contribution in [0.25, 0.3) is 127 Å². The standard InChI is InChI=1S/C58H36O2/c1-3-17-43-35(11-1)23-29-53-57(43)49-33-39(25-27-51(49)59-53)37-13-9-15-41(31-37)55-45-19-5-7-21-47(45)56(48-22-8-6-20-46(48)55)42-16-10-14-38(32-42)40-26-28-52-50(34-40)58-44-18-4-2-12-36(44)24-30-54(58)60-52/h1,3-11,13-34H,2,12H2. The van der Waals surface area contributed by atoms with E-state index in [4.69, 9.17) is 8.83 Å². The highest BCUT2D eigenvalue weighted by molar-refractivity contribution is 6.22. The largest absolute Gasteiger partial charge is 0.456 e. The van der Waals surface area contributed by atoms with Crippen molar-refractivity contribution in [3.63, 3.8) is 0 Å². The fraction of sp³-hybridized carbons (Fsp3) is 0.0345. The summed E-state index contributed by atoms with van der Waals surface area (Å²) in [6.45, 7) is 0. The van der Waals surface area contributed by atoms with Crippen LogP contribution in [0.1, 0.15) is 17.5 Å². The molecule has 12 aromatic rings. The maximum absolute atomic E-state index is 6.38. The molecule has 1 aliphatic carbocycles. The number of rotatable bonds is 4. The third-order valence-corrected chi connectivity index (χ3v) is 12.9. The van der Waals surface area contributed by atoms with E-state index < -0.39 is 0 Å². The molecular formula is C58H36O2. The zero-order valence-corrected chi connectivity index (χ0v) is 32.7. The molecule has 0 unspecified atom stereocenters. The van der Waals surface area contributed by atoms with Gasteiger partial charge in [-0.3, -0.25) is 0 Å². The SMILES string of the molecule is C1=Cc2c(ccc3oc4ccc(-c5cccc(-c6c7ccccc7c(-c7cccc(-c8ccc9oc%10ccc%11ccccc%11c%10c9c8)c7)c7ccccc67)c5)cc4c23)CC1. The Morgan fingerprint density at radius 2 is 0.817 bits per heavy atom. The molecule has 2 nitrogen and oxygen atoms in total. The highest BCUT2D eigenvalue weighted by atomic mass is 16.3. The fourth-order valence-electron chi connectivity index (χ4n) is 10.2. The monoisotopic (exact) mass is 764 g/mol. The summed E-state index contributed by atoms with van der Waals surface area (Å²) < 4.78 is 12.7. The molecule has 0 radical (unpaired) electrons. The van der Waals surface area contributed by atoms with Crippen molar-refractivity contribution in [3.05, 3.63) is 199 Å².